The van der Waals surface area contributed by atoms with E-state index in [1.165, 1.54) is 12.1 Å². The summed E-state index contributed by atoms with van der Waals surface area (Å²) >= 11 is 0. The Hall–Kier alpha value is -1.25. The molecule has 1 nitrogen and oxygen atoms in total. The van der Waals surface area contributed by atoms with Crippen LogP contribution in [-0.2, 0) is 0 Å². The van der Waals surface area contributed by atoms with Crippen molar-refractivity contribution in [2.24, 2.45) is 11.3 Å². The van der Waals surface area contributed by atoms with Gasteiger partial charge in [-0.3, -0.25) is 4.79 Å². The number of carbonyl (C=O) groups excluding carboxylic acids is 1. The third-order valence-corrected chi connectivity index (χ3v) is 4.10. The zero-order valence-corrected chi connectivity index (χ0v) is 11.0. The molecule has 1 aliphatic carbocycles. The van der Waals surface area contributed by atoms with E-state index in [1.807, 2.05) is 13.8 Å². The molecule has 0 radical (unpaired) electrons. The van der Waals surface area contributed by atoms with Crippen LogP contribution in [0.25, 0.3) is 0 Å². The predicted molar refractivity (Wildman–Crippen MR) is 66.5 cm³/mol. The minimum Gasteiger partial charge on any atom is -0.294 e. The largest absolute Gasteiger partial charge is 0.294 e. The van der Waals surface area contributed by atoms with Crippen LogP contribution in [0.4, 0.5) is 8.78 Å². The number of aryl methyl sites for hydroxylation is 1. The second kappa shape index (κ2) is 4.45. The second-order valence-electron chi connectivity index (χ2n) is 5.85. The first-order valence-corrected chi connectivity index (χ1v) is 6.33. The van der Waals surface area contributed by atoms with Gasteiger partial charge >= 0.3 is 0 Å². The molecule has 0 aliphatic heterocycles. The minimum absolute atomic E-state index is 0.167. The Morgan fingerprint density at radius 2 is 2.00 bits per heavy atom. The molecule has 1 saturated carbocycles. The molecule has 3 heteroatoms. The summed E-state index contributed by atoms with van der Waals surface area (Å²) in [5.41, 5.74) is -0.204. The van der Waals surface area contributed by atoms with E-state index in [4.69, 9.17) is 0 Å². The van der Waals surface area contributed by atoms with E-state index < -0.39 is 11.6 Å². The molecule has 98 valence electrons. The van der Waals surface area contributed by atoms with Gasteiger partial charge in [-0.05, 0) is 36.8 Å². The van der Waals surface area contributed by atoms with Gasteiger partial charge in [-0.15, -0.1) is 0 Å². The van der Waals surface area contributed by atoms with Crippen LogP contribution in [0.15, 0.2) is 12.1 Å². The standard InChI is InChI=1S/C15H18F2O/c1-9-6-7-11(16)12(13(9)17)14(18)10-5-4-8-15(10,2)3/h6-7,10H,4-5,8H2,1-3H3. The van der Waals surface area contributed by atoms with Gasteiger partial charge in [0.1, 0.15) is 11.6 Å². The van der Waals surface area contributed by atoms with Gasteiger partial charge in [0, 0.05) is 5.92 Å². The maximum atomic E-state index is 14.0. The van der Waals surface area contributed by atoms with Crippen molar-refractivity contribution in [2.75, 3.05) is 0 Å². The molecular formula is C15H18F2O. The first-order chi connectivity index (χ1) is 8.34. The highest BCUT2D eigenvalue weighted by Gasteiger charge is 2.41. The Morgan fingerprint density at radius 3 is 2.56 bits per heavy atom. The Balaban J connectivity index is 2.44. The number of hydrogen-bond acceptors (Lipinski definition) is 1. The van der Waals surface area contributed by atoms with Gasteiger partial charge in [0.25, 0.3) is 0 Å². The third kappa shape index (κ3) is 2.06. The van der Waals surface area contributed by atoms with Crippen molar-refractivity contribution in [3.05, 3.63) is 34.9 Å². The fourth-order valence-electron chi connectivity index (χ4n) is 2.87. The van der Waals surface area contributed by atoms with Crippen molar-refractivity contribution >= 4 is 5.78 Å². The van der Waals surface area contributed by atoms with Gasteiger partial charge in [0.05, 0.1) is 5.56 Å². The average molecular weight is 252 g/mol. The number of rotatable bonds is 2. The zero-order valence-electron chi connectivity index (χ0n) is 11.0. The summed E-state index contributed by atoms with van der Waals surface area (Å²) in [6.45, 7) is 5.54. The van der Waals surface area contributed by atoms with Crippen LogP contribution in [0, 0.1) is 29.9 Å². The Kier molecular flexibility index (Phi) is 3.26. The minimum atomic E-state index is -0.745. The summed E-state index contributed by atoms with van der Waals surface area (Å²) in [7, 11) is 0. The molecule has 0 saturated heterocycles. The number of ketones is 1. The lowest BCUT2D eigenvalue weighted by Gasteiger charge is -2.26. The van der Waals surface area contributed by atoms with E-state index >= 15 is 0 Å². The van der Waals surface area contributed by atoms with Gasteiger partial charge in [-0.1, -0.05) is 26.3 Å². The van der Waals surface area contributed by atoms with E-state index in [-0.39, 0.29) is 22.7 Å². The first kappa shape index (κ1) is 13.2. The molecule has 0 aromatic heterocycles. The lowest BCUT2D eigenvalue weighted by molar-refractivity contribution is 0.0830. The van der Waals surface area contributed by atoms with Crippen molar-refractivity contribution < 1.29 is 13.6 Å². The summed E-state index contributed by atoms with van der Waals surface area (Å²) in [6, 6.07) is 2.54. The van der Waals surface area contributed by atoms with Crippen LogP contribution < -0.4 is 0 Å². The van der Waals surface area contributed by atoms with E-state index in [0.29, 0.717) is 5.56 Å². The average Bonchev–Trinajstić information content (AvgIpc) is 2.64. The quantitative estimate of drug-likeness (QED) is 0.718. The fraction of sp³-hybridized carbons (Fsp3) is 0.533. The third-order valence-electron chi connectivity index (χ3n) is 4.10. The molecule has 0 N–H and O–H groups in total. The number of Topliss-reactive ketones (excluding diaryl/α,β-unsaturated/α-hetero) is 1. The molecule has 0 amide bonds. The number of carbonyl (C=O) groups is 1. The Morgan fingerprint density at radius 1 is 1.33 bits per heavy atom. The molecule has 1 unspecified atom stereocenters. The number of hydrogen-bond donors (Lipinski definition) is 0. The molecule has 2 rings (SSSR count). The van der Waals surface area contributed by atoms with Gasteiger partial charge < -0.3 is 0 Å². The van der Waals surface area contributed by atoms with E-state index in [1.54, 1.807) is 6.92 Å². The highest BCUT2D eigenvalue weighted by Crippen LogP contribution is 2.44. The van der Waals surface area contributed by atoms with E-state index in [2.05, 4.69) is 0 Å². The molecule has 1 atom stereocenters. The van der Waals surface area contributed by atoms with E-state index in [0.717, 1.165) is 19.3 Å². The maximum Gasteiger partial charge on any atom is 0.172 e. The lowest BCUT2D eigenvalue weighted by Crippen LogP contribution is -2.27. The highest BCUT2D eigenvalue weighted by molar-refractivity contribution is 5.99. The molecule has 1 aromatic carbocycles. The van der Waals surface area contributed by atoms with Gasteiger partial charge in [0.15, 0.2) is 5.78 Å². The summed E-state index contributed by atoms with van der Waals surface area (Å²) in [5.74, 6) is -2.10. The van der Waals surface area contributed by atoms with Crippen molar-refractivity contribution in [1.29, 1.82) is 0 Å². The van der Waals surface area contributed by atoms with Crippen LogP contribution in [0.1, 0.15) is 49.0 Å². The van der Waals surface area contributed by atoms with Crippen molar-refractivity contribution in [3.63, 3.8) is 0 Å². The molecule has 18 heavy (non-hydrogen) atoms. The summed E-state index contributed by atoms with van der Waals surface area (Å²) in [5, 5.41) is 0. The molecule has 0 bridgehead atoms. The normalized spacial score (nSPS) is 22.2. The van der Waals surface area contributed by atoms with Gasteiger partial charge in [-0.2, -0.15) is 0 Å². The maximum absolute atomic E-state index is 14.0. The summed E-state index contributed by atoms with van der Waals surface area (Å²) < 4.78 is 27.7. The highest BCUT2D eigenvalue weighted by atomic mass is 19.1. The van der Waals surface area contributed by atoms with Crippen LogP contribution >= 0.6 is 0 Å². The zero-order chi connectivity index (χ0) is 13.5. The van der Waals surface area contributed by atoms with Crippen LogP contribution in [0.2, 0.25) is 0 Å². The number of benzene rings is 1. The molecule has 0 heterocycles. The molecule has 1 aromatic rings. The number of halogens is 2. The van der Waals surface area contributed by atoms with Crippen molar-refractivity contribution in [1.82, 2.24) is 0 Å². The molecule has 1 aliphatic rings. The molecule has 1 fully saturated rings. The summed E-state index contributed by atoms with van der Waals surface area (Å²) in [4.78, 5) is 12.4. The Bertz CT molecular complexity index is 492. The van der Waals surface area contributed by atoms with Crippen molar-refractivity contribution in [2.45, 2.75) is 40.0 Å². The predicted octanol–water partition coefficient (Wildman–Crippen LogP) is 4.28. The van der Waals surface area contributed by atoms with E-state index in [9.17, 15) is 13.6 Å². The topological polar surface area (TPSA) is 17.1 Å². The molecular weight excluding hydrogens is 234 g/mol. The van der Waals surface area contributed by atoms with Crippen LogP contribution in [0.5, 0.6) is 0 Å². The monoisotopic (exact) mass is 252 g/mol. The fourth-order valence-corrected chi connectivity index (χ4v) is 2.87. The SMILES string of the molecule is Cc1ccc(F)c(C(=O)C2CCCC2(C)C)c1F. The first-order valence-electron chi connectivity index (χ1n) is 6.33. The second-order valence-corrected chi connectivity index (χ2v) is 5.85. The summed E-state index contributed by atoms with van der Waals surface area (Å²) in [6.07, 6.45) is 2.59. The lowest BCUT2D eigenvalue weighted by atomic mass is 9.77. The molecule has 0 spiro atoms. The van der Waals surface area contributed by atoms with Crippen molar-refractivity contribution in [3.8, 4) is 0 Å². The van der Waals surface area contributed by atoms with Crippen LogP contribution in [-0.4, -0.2) is 5.78 Å². The Labute approximate surface area is 106 Å². The smallest absolute Gasteiger partial charge is 0.172 e. The van der Waals surface area contributed by atoms with Crippen LogP contribution in [0.3, 0.4) is 0 Å². The van der Waals surface area contributed by atoms with Gasteiger partial charge in [-0.25, -0.2) is 8.78 Å². The van der Waals surface area contributed by atoms with Gasteiger partial charge in [0.2, 0.25) is 0 Å².